The number of para-hydroxylation sites is 1. The molecule has 0 N–H and O–H groups in total. The first-order valence-corrected chi connectivity index (χ1v) is 5.08. The van der Waals surface area contributed by atoms with E-state index >= 15 is 0 Å². The van der Waals surface area contributed by atoms with Crippen molar-refractivity contribution < 1.29 is 4.79 Å². The highest BCUT2D eigenvalue weighted by atomic mass is 16.2. The fourth-order valence-corrected chi connectivity index (χ4v) is 2.17. The standard InChI is InChI=1S/C12H15NO/c1-9-7-8-11-5-3-4-6-12(11)13(9)10(2)14/h3-6,9H,7-8H2,1-2H3. The minimum absolute atomic E-state index is 0.143. The zero-order valence-corrected chi connectivity index (χ0v) is 8.66. The third-order valence-corrected chi connectivity index (χ3v) is 2.86. The summed E-state index contributed by atoms with van der Waals surface area (Å²) in [7, 11) is 0. The normalized spacial score (nSPS) is 20.4. The van der Waals surface area contributed by atoms with Crippen molar-refractivity contribution in [2.24, 2.45) is 0 Å². The molecule has 0 aromatic heterocycles. The Kier molecular flexibility index (Phi) is 2.28. The number of rotatable bonds is 0. The summed E-state index contributed by atoms with van der Waals surface area (Å²) in [5, 5.41) is 0. The Bertz CT molecular complexity index is 359. The molecule has 0 aliphatic carbocycles. The number of hydrogen-bond acceptors (Lipinski definition) is 1. The molecule has 0 bridgehead atoms. The monoisotopic (exact) mass is 189 g/mol. The Morgan fingerprint density at radius 1 is 1.43 bits per heavy atom. The van der Waals surface area contributed by atoms with Gasteiger partial charge in [-0.2, -0.15) is 0 Å². The van der Waals surface area contributed by atoms with E-state index in [0.29, 0.717) is 6.04 Å². The first kappa shape index (κ1) is 9.25. The molecule has 14 heavy (non-hydrogen) atoms. The topological polar surface area (TPSA) is 20.3 Å². The molecule has 2 rings (SSSR count). The number of amides is 1. The Balaban J connectivity index is 2.46. The molecular formula is C12H15NO. The molecule has 1 heterocycles. The third-order valence-electron chi connectivity index (χ3n) is 2.86. The van der Waals surface area contributed by atoms with Gasteiger partial charge in [-0.25, -0.2) is 0 Å². The summed E-state index contributed by atoms with van der Waals surface area (Å²) in [4.78, 5) is 13.4. The van der Waals surface area contributed by atoms with Crippen molar-refractivity contribution in [3.8, 4) is 0 Å². The molecule has 0 fully saturated rings. The van der Waals surface area contributed by atoms with Crippen LogP contribution < -0.4 is 4.90 Å². The number of aryl methyl sites for hydroxylation is 1. The maximum absolute atomic E-state index is 11.5. The maximum atomic E-state index is 11.5. The Morgan fingerprint density at radius 3 is 2.86 bits per heavy atom. The van der Waals surface area contributed by atoms with Gasteiger partial charge >= 0.3 is 0 Å². The Labute approximate surface area is 84.5 Å². The van der Waals surface area contributed by atoms with Crippen LogP contribution in [0.1, 0.15) is 25.8 Å². The molecule has 0 spiro atoms. The van der Waals surface area contributed by atoms with Crippen molar-refractivity contribution in [3.63, 3.8) is 0 Å². The van der Waals surface area contributed by atoms with E-state index in [1.807, 2.05) is 23.1 Å². The van der Waals surface area contributed by atoms with Crippen LogP contribution in [0.15, 0.2) is 24.3 Å². The van der Waals surface area contributed by atoms with E-state index in [-0.39, 0.29) is 5.91 Å². The third kappa shape index (κ3) is 1.41. The highest BCUT2D eigenvalue weighted by molar-refractivity contribution is 5.93. The predicted molar refractivity (Wildman–Crippen MR) is 57.4 cm³/mol. The van der Waals surface area contributed by atoms with Crippen LogP contribution >= 0.6 is 0 Å². The van der Waals surface area contributed by atoms with Gasteiger partial charge in [0, 0.05) is 18.7 Å². The molecule has 1 atom stereocenters. The van der Waals surface area contributed by atoms with E-state index in [0.717, 1.165) is 18.5 Å². The van der Waals surface area contributed by atoms with Crippen LogP contribution in [0.4, 0.5) is 5.69 Å². The molecule has 1 unspecified atom stereocenters. The van der Waals surface area contributed by atoms with Crippen molar-refractivity contribution in [1.82, 2.24) is 0 Å². The van der Waals surface area contributed by atoms with Gasteiger partial charge in [-0.3, -0.25) is 4.79 Å². The summed E-state index contributed by atoms with van der Waals surface area (Å²) in [5.74, 6) is 0.143. The van der Waals surface area contributed by atoms with Crippen LogP contribution in [0.25, 0.3) is 0 Å². The van der Waals surface area contributed by atoms with Crippen molar-refractivity contribution in [1.29, 1.82) is 0 Å². The first-order valence-electron chi connectivity index (χ1n) is 5.08. The summed E-state index contributed by atoms with van der Waals surface area (Å²) >= 11 is 0. The van der Waals surface area contributed by atoms with Gasteiger partial charge in [0.15, 0.2) is 0 Å². The minimum atomic E-state index is 0.143. The molecule has 1 aromatic carbocycles. The average molecular weight is 189 g/mol. The summed E-state index contributed by atoms with van der Waals surface area (Å²) in [6.45, 7) is 3.75. The maximum Gasteiger partial charge on any atom is 0.224 e. The van der Waals surface area contributed by atoms with Crippen molar-refractivity contribution in [3.05, 3.63) is 29.8 Å². The van der Waals surface area contributed by atoms with E-state index in [1.54, 1.807) is 6.92 Å². The molecule has 2 nitrogen and oxygen atoms in total. The summed E-state index contributed by atoms with van der Waals surface area (Å²) < 4.78 is 0. The lowest BCUT2D eigenvalue weighted by Gasteiger charge is -2.34. The predicted octanol–water partition coefficient (Wildman–Crippen LogP) is 2.37. The summed E-state index contributed by atoms with van der Waals surface area (Å²) in [6, 6.07) is 8.51. The van der Waals surface area contributed by atoms with Gasteiger partial charge in [0.2, 0.25) is 5.91 Å². The van der Waals surface area contributed by atoms with E-state index in [9.17, 15) is 4.79 Å². The fraction of sp³-hybridized carbons (Fsp3) is 0.417. The molecular weight excluding hydrogens is 174 g/mol. The molecule has 1 aromatic rings. The number of carbonyl (C=O) groups excluding carboxylic acids is 1. The number of carbonyl (C=O) groups is 1. The SMILES string of the molecule is CC(=O)N1c2ccccc2CCC1C. The number of anilines is 1. The van der Waals surface area contributed by atoms with Gasteiger partial charge in [0.05, 0.1) is 0 Å². The average Bonchev–Trinajstić information content (AvgIpc) is 2.17. The highest BCUT2D eigenvalue weighted by Crippen LogP contribution is 2.30. The zero-order valence-electron chi connectivity index (χ0n) is 8.66. The van der Waals surface area contributed by atoms with Crippen molar-refractivity contribution >= 4 is 11.6 Å². The molecule has 0 saturated heterocycles. The van der Waals surface area contributed by atoms with E-state index in [1.165, 1.54) is 5.56 Å². The second-order valence-corrected chi connectivity index (χ2v) is 3.91. The van der Waals surface area contributed by atoms with Crippen molar-refractivity contribution in [2.45, 2.75) is 32.7 Å². The largest absolute Gasteiger partial charge is 0.310 e. The zero-order chi connectivity index (χ0) is 10.1. The van der Waals surface area contributed by atoms with Gasteiger partial charge in [-0.1, -0.05) is 18.2 Å². The molecule has 0 radical (unpaired) electrons. The van der Waals surface area contributed by atoms with Crippen molar-refractivity contribution in [2.75, 3.05) is 4.90 Å². The summed E-state index contributed by atoms with van der Waals surface area (Å²) in [6.07, 6.45) is 2.15. The molecule has 1 aliphatic rings. The van der Waals surface area contributed by atoms with Crippen LogP contribution in [0, 0.1) is 0 Å². The number of fused-ring (bicyclic) bond motifs is 1. The van der Waals surface area contributed by atoms with Gasteiger partial charge in [0.1, 0.15) is 0 Å². The second-order valence-electron chi connectivity index (χ2n) is 3.91. The number of benzene rings is 1. The molecule has 74 valence electrons. The lowest BCUT2D eigenvalue weighted by molar-refractivity contribution is -0.117. The van der Waals surface area contributed by atoms with Gasteiger partial charge in [-0.05, 0) is 31.4 Å². The van der Waals surface area contributed by atoms with E-state index < -0.39 is 0 Å². The lowest BCUT2D eigenvalue weighted by atomic mass is 9.97. The van der Waals surface area contributed by atoms with Crippen LogP contribution in [0.5, 0.6) is 0 Å². The second kappa shape index (κ2) is 3.45. The highest BCUT2D eigenvalue weighted by Gasteiger charge is 2.25. The van der Waals surface area contributed by atoms with Crippen LogP contribution in [-0.4, -0.2) is 11.9 Å². The van der Waals surface area contributed by atoms with Crippen LogP contribution in [0.3, 0.4) is 0 Å². The summed E-state index contributed by atoms with van der Waals surface area (Å²) in [5.41, 5.74) is 2.39. The quantitative estimate of drug-likeness (QED) is 0.613. The van der Waals surface area contributed by atoms with E-state index in [2.05, 4.69) is 13.0 Å². The number of nitrogens with zero attached hydrogens (tertiary/aromatic N) is 1. The molecule has 1 amide bonds. The van der Waals surface area contributed by atoms with Gasteiger partial charge in [0.25, 0.3) is 0 Å². The number of hydrogen-bond donors (Lipinski definition) is 0. The minimum Gasteiger partial charge on any atom is -0.310 e. The smallest absolute Gasteiger partial charge is 0.224 e. The lowest BCUT2D eigenvalue weighted by Crippen LogP contribution is -2.40. The Hall–Kier alpha value is -1.31. The van der Waals surface area contributed by atoms with Gasteiger partial charge < -0.3 is 4.90 Å². The molecule has 0 saturated carbocycles. The fourth-order valence-electron chi connectivity index (χ4n) is 2.17. The Morgan fingerprint density at radius 2 is 2.14 bits per heavy atom. The van der Waals surface area contributed by atoms with E-state index in [4.69, 9.17) is 0 Å². The van der Waals surface area contributed by atoms with Gasteiger partial charge in [-0.15, -0.1) is 0 Å². The molecule has 2 heteroatoms. The van der Waals surface area contributed by atoms with Crippen LogP contribution in [0.2, 0.25) is 0 Å². The first-order chi connectivity index (χ1) is 6.70. The molecule has 1 aliphatic heterocycles. The van der Waals surface area contributed by atoms with Crippen LogP contribution in [-0.2, 0) is 11.2 Å².